The van der Waals surface area contributed by atoms with Gasteiger partial charge in [-0.05, 0) is 18.6 Å². The molecule has 6 heteroatoms. The van der Waals surface area contributed by atoms with Gasteiger partial charge < -0.3 is 4.90 Å². The third kappa shape index (κ3) is 1.95. The van der Waals surface area contributed by atoms with Crippen LogP contribution in [0.5, 0.6) is 0 Å². The minimum atomic E-state index is 0.0162. The van der Waals surface area contributed by atoms with Gasteiger partial charge in [0.15, 0.2) is 5.65 Å². The molecular formula is C16H15N5O. The second-order valence-electron chi connectivity index (χ2n) is 5.55. The highest BCUT2D eigenvalue weighted by Crippen LogP contribution is 2.28. The minimum Gasteiger partial charge on any atom is -0.337 e. The van der Waals surface area contributed by atoms with E-state index in [1.54, 1.807) is 23.1 Å². The molecular weight excluding hydrogens is 278 g/mol. The number of rotatable bonds is 2. The van der Waals surface area contributed by atoms with E-state index in [0.717, 1.165) is 24.4 Å². The molecule has 1 saturated heterocycles. The van der Waals surface area contributed by atoms with Crippen molar-refractivity contribution in [2.75, 3.05) is 13.1 Å². The van der Waals surface area contributed by atoms with Crippen LogP contribution in [-0.2, 0) is 0 Å². The fourth-order valence-corrected chi connectivity index (χ4v) is 2.84. The summed E-state index contributed by atoms with van der Waals surface area (Å²) in [7, 11) is 0. The van der Waals surface area contributed by atoms with E-state index in [4.69, 9.17) is 0 Å². The molecule has 3 aromatic rings. The first-order chi connectivity index (χ1) is 10.7. The second kappa shape index (κ2) is 4.91. The predicted molar refractivity (Wildman–Crippen MR) is 80.6 cm³/mol. The van der Waals surface area contributed by atoms with Gasteiger partial charge >= 0.3 is 0 Å². The molecule has 0 bridgehead atoms. The van der Waals surface area contributed by atoms with Crippen molar-refractivity contribution in [2.45, 2.75) is 12.8 Å². The summed E-state index contributed by atoms with van der Waals surface area (Å²) >= 11 is 0. The summed E-state index contributed by atoms with van der Waals surface area (Å²) in [6.07, 6.45) is 6.96. The van der Waals surface area contributed by atoms with E-state index in [0.29, 0.717) is 11.5 Å². The molecule has 110 valence electrons. The number of hydrogen-bond acceptors (Lipinski definition) is 4. The summed E-state index contributed by atoms with van der Waals surface area (Å²) in [5.74, 6) is 0.391. The maximum atomic E-state index is 12.6. The summed E-state index contributed by atoms with van der Waals surface area (Å²) < 4.78 is 1.70. The van der Waals surface area contributed by atoms with E-state index in [2.05, 4.69) is 21.1 Å². The lowest BCUT2D eigenvalue weighted by Crippen LogP contribution is -2.48. The molecule has 1 aliphatic heterocycles. The summed E-state index contributed by atoms with van der Waals surface area (Å²) in [6.45, 7) is 3.34. The maximum Gasteiger partial charge on any atom is 0.257 e. The van der Waals surface area contributed by atoms with Crippen LogP contribution >= 0.6 is 0 Å². The summed E-state index contributed by atoms with van der Waals surface area (Å²) in [6, 6.07) is 5.81. The van der Waals surface area contributed by atoms with Gasteiger partial charge in [0.2, 0.25) is 0 Å². The van der Waals surface area contributed by atoms with Crippen molar-refractivity contribution in [1.29, 1.82) is 0 Å². The van der Waals surface area contributed by atoms with Crippen LogP contribution in [0.25, 0.3) is 5.65 Å². The van der Waals surface area contributed by atoms with Gasteiger partial charge in [-0.25, -0.2) is 9.50 Å². The van der Waals surface area contributed by atoms with Crippen molar-refractivity contribution in [1.82, 2.24) is 24.5 Å². The van der Waals surface area contributed by atoms with Crippen molar-refractivity contribution >= 4 is 11.6 Å². The number of carbonyl (C=O) groups excluding carboxylic acids is 1. The fourth-order valence-electron chi connectivity index (χ4n) is 2.84. The van der Waals surface area contributed by atoms with Gasteiger partial charge in [0, 0.05) is 43.7 Å². The number of nitrogens with zero attached hydrogens (tertiary/aromatic N) is 5. The highest BCUT2D eigenvalue weighted by Gasteiger charge is 2.33. The number of hydrogen-bond donors (Lipinski definition) is 0. The maximum absolute atomic E-state index is 12.6. The Morgan fingerprint density at radius 3 is 2.86 bits per heavy atom. The SMILES string of the molecule is Cc1c(C(=O)N2CC(c3cccnc3)C2)cnc2ccnn12. The number of aryl methyl sites for hydroxylation is 1. The molecule has 4 rings (SSSR count). The Balaban J connectivity index is 1.54. The molecule has 6 nitrogen and oxygen atoms in total. The van der Waals surface area contributed by atoms with Gasteiger partial charge in [0.1, 0.15) is 0 Å². The smallest absolute Gasteiger partial charge is 0.257 e. The van der Waals surface area contributed by atoms with E-state index in [1.807, 2.05) is 30.2 Å². The third-order valence-corrected chi connectivity index (χ3v) is 4.21. The van der Waals surface area contributed by atoms with Crippen molar-refractivity contribution in [3.05, 3.63) is 59.8 Å². The lowest BCUT2D eigenvalue weighted by molar-refractivity contribution is 0.0600. The van der Waals surface area contributed by atoms with E-state index in [1.165, 1.54) is 5.56 Å². The molecule has 0 N–H and O–H groups in total. The van der Waals surface area contributed by atoms with Gasteiger partial charge in [-0.3, -0.25) is 9.78 Å². The van der Waals surface area contributed by atoms with Crippen LogP contribution in [0.2, 0.25) is 0 Å². The molecule has 4 heterocycles. The van der Waals surface area contributed by atoms with Gasteiger partial charge in [0.05, 0.1) is 17.5 Å². The van der Waals surface area contributed by atoms with Crippen LogP contribution in [0.15, 0.2) is 43.0 Å². The Hall–Kier alpha value is -2.76. The van der Waals surface area contributed by atoms with Gasteiger partial charge in [-0.2, -0.15) is 5.10 Å². The summed E-state index contributed by atoms with van der Waals surface area (Å²) in [5, 5.41) is 4.20. The molecule has 0 aliphatic carbocycles. The number of aromatic nitrogens is 4. The molecule has 3 aromatic heterocycles. The van der Waals surface area contributed by atoms with Gasteiger partial charge in [0.25, 0.3) is 5.91 Å². The Kier molecular flexibility index (Phi) is 2.89. The van der Waals surface area contributed by atoms with Crippen LogP contribution in [0, 0.1) is 6.92 Å². The average molecular weight is 293 g/mol. The molecule has 1 amide bonds. The molecule has 0 radical (unpaired) electrons. The Morgan fingerprint density at radius 2 is 2.09 bits per heavy atom. The average Bonchev–Trinajstić information content (AvgIpc) is 2.96. The number of pyridine rings is 1. The van der Waals surface area contributed by atoms with Crippen molar-refractivity contribution < 1.29 is 4.79 Å². The molecule has 1 aliphatic rings. The van der Waals surface area contributed by atoms with E-state index < -0.39 is 0 Å². The van der Waals surface area contributed by atoms with Gasteiger partial charge in [-0.1, -0.05) is 6.07 Å². The van der Waals surface area contributed by atoms with E-state index in [-0.39, 0.29) is 5.91 Å². The number of fused-ring (bicyclic) bond motifs is 1. The third-order valence-electron chi connectivity index (χ3n) is 4.21. The second-order valence-corrected chi connectivity index (χ2v) is 5.55. The number of amides is 1. The van der Waals surface area contributed by atoms with Crippen molar-refractivity contribution in [3.63, 3.8) is 0 Å². The predicted octanol–water partition coefficient (Wildman–Crippen LogP) is 1.67. The van der Waals surface area contributed by atoms with Gasteiger partial charge in [-0.15, -0.1) is 0 Å². The van der Waals surface area contributed by atoms with Crippen LogP contribution < -0.4 is 0 Å². The largest absolute Gasteiger partial charge is 0.337 e. The first kappa shape index (κ1) is 12.9. The monoisotopic (exact) mass is 293 g/mol. The first-order valence-corrected chi connectivity index (χ1v) is 7.22. The van der Waals surface area contributed by atoms with E-state index in [9.17, 15) is 4.79 Å². The van der Waals surface area contributed by atoms with Crippen molar-refractivity contribution in [2.24, 2.45) is 0 Å². The zero-order valence-corrected chi connectivity index (χ0v) is 12.2. The summed E-state index contributed by atoms with van der Waals surface area (Å²) in [4.78, 5) is 22.9. The molecule has 1 fully saturated rings. The highest BCUT2D eigenvalue weighted by atomic mass is 16.2. The first-order valence-electron chi connectivity index (χ1n) is 7.22. The molecule has 22 heavy (non-hydrogen) atoms. The van der Waals surface area contributed by atoms with Crippen molar-refractivity contribution in [3.8, 4) is 0 Å². The molecule has 0 aromatic carbocycles. The van der Waals surface area contributed by atoms with Crippen LogP contribution in [0.1, 0.15) is 27.5 Å². The molecule has 0 spiro atoms. The Bertz CT molecular complexity index is 836. The Labute approximate surface area is 127 Å². The molecule has 0 unspecified atom stereocenters. The molecule has 0 atom stereocenters. The highest BCUT2D eigenvalue weighted by molar-refractivity contribution is 5.95. The fraction of sp³-hybridized carbons (Fsp3) is 0.250. The number of carbonyl (C=O) groups is 1. The quantitative estimate of drug-likeness (QED) is 0.721. The molecule has 0 saturated carbocycles. The topological polar surface area (TPSA) is 63.4 Å². The standard InChI is InChI=1S/C16H15N5O/c1-11-14(8-18-15-4-6-19-21(11)15)16(22)20-9-13(10-20)12-3-2-5-17-7-12/h2-8,13H,9-10H2,1H3. The van der Waals surface area contributed by atoms with E-state index >= 15 is 0 Å². The lowest BCUT2D eigenvalue weighted by Gasteiger charge is -2.39. The number of likely N-dealkylation sites (tertiary alicyclic amines) is 1. The van der Waals surface area contributed by atoms with Crippen LogP contribution in [-0.4, -0.2) is 43.5 Å². The van der Waals surface area contributed by atoms with Crippen LogP contribution in [0.3, 0.4) is 0 Å². The summed E-state index contributed by atoms with van der Waals surface area (Å²) in [5.41, 5.74) is 3.38. The zero-order chi connectivity index (χ0) is 15.1. The normalized spacial score (nSPS) is 15.0. The lowest BCUT2D eigenvalue weighted by atomic mass is 9.92. The minimum absolute atomic E-state index is 0.0162. The zero-order valence-electron chi connectivity index (χ0n) is 12.2. The van der Waals surface area contributed by atoms with Crippen LogP contribution in [0.4, 0.5) is 0 Å². The Morgan fingerprint density at radius 1 is 1.23 bits per heavy atom.